The maximum absolute atomic E-state index is 12.8. The topological polar surface area (TPSA) is 37.3 Å². The molecule has 0 heterocycles. The molecule has 1 N–H and O–H groups in total. The van der Waals surface area contributed by atoms with E-state index in [1.54, 1.807) is 0 Å². The molecule has 0 amide bonds. The van der Waals surface area contributed by atoms with Crippen LogP contribution in [0.5, 0.6) is 0 Å². The predicted octanol–water partition coefficient (Wildman–Crippen LogP) is 1.79. The first kappa shape index (κ1) is 8.56. The summed E-state index contributed by atoms with van der Waals surface area (Å²) in [7, 11) is 0. The van der Waals surface area contributed by atoms with Crippen LogP contribution in [0, 0.1) is 5.41 Å². The number of rotatable bonds is 2. The molecule has 12 heavy (non-hydrogen) atoms. The molecule has 3 fully saturated rings. The van der Waals surface area contributed by atoms with E-state index in [2.05, 4.69) is 0 Å². The smallest absolute Gasteiger partial charge is 0.251 e. The molecule has 70 valence electrons. The molecule has 0 saturated heterocycles. The molecule has 3 aliphatic rings. The van der Waals surface area contributed by atoms with E-state index >= 15 is 0 Å². The van der Waals surface area contributed by atoms with Crippen molar-refractivity contribution in [2.75, 3.05) is 0 Å². The van der Waals surface area contributed by atoms with Crippen LogP contribution in [-0.4, -0.2) is 19.4 Å². The van der Waals surface area contributed by atoms with Crippen molar-refractivity contribution < 1.29 is 17.5 Å². The Balaban J connectivity index is 2.09. The number of hydrogen-bond donors (Lipinski definition) is 1. The van der Waals surface area contributed by atoms with Gasteiger partial charge in [-0.1, -0.05) is 0 Å². The van der Waals surface area contributed by atoms with Gasteiger partial charge < -0.3 is 4.55 Å². The molecule has 3 aliphatic carbocycles. The molecule has 0 spiro atoms. The highest BCUT2D eigenvalue weighted by atomic mass is 32.2. The van der Waals surface area contributed by atoms with Gasteiger partial charge >= 0.3 is 0 Å². The number of alkyl halides is 2. The number of halogens is 2. The van der Waals surface area contributed by atoms with Crippen molar-refractivity contribution in [2.45, 2.75) is 36.9 Å². The fourth-order valence-corrected chi connectivity index (χ4v) is 3.54. The molecule has 3 rings (SSSR count). The van der Waals surface area contributed by atoms with E-state index in [-0.39, 0.29) is 19.3 Å². The van der Waals surface area contributed by atoms with E-state index in [4.69, 9.17) is 4.55 Å². The van der Waals surface area contributed by atoms with Crippen molar-refractivity contribution in [1.29, 1.82) is 0 Å². The molecule has 0 aromatic carbocycles. The molecule has 2 nitrogen and oxygen atoms in total. The normalized spacial score (nSPS) is 47.7. The van der Waals surface area contributed by atoms with E-state index in [9.17, 15) is 13.0 Å². The minimum absolute atomic E-state index is 0.215. The lowest BCUT2D eigenvalue weighted by Gasteiger charge is -2.69. The van der Waals surface area contributed by atoms with Gasteiger partial charge in [0.2, 0.25) is 0 Å². The Hall–Kier alpha value is -0.0300. The molecule has 1 atom stereocenters. The van der Waals surface area contributed by atoms with Crippen LogP contribution in [0.3, 0.4) is 0 Å². The Morgan fingerprint density at radius 3 is 2.08 bits per heavy atom. The third-order valence-electron chi connectivity index (χ3n) is 3.28. The van der Waals surface area contributed by atoms with E-state index < -0.39 is 27.2 Å². The zero-order valence-electron chi connectivity index (χ0n) is 6.64. The summed E-state index contributed by atoms with van der Waals surface area (Å²) in [6.45, 7) is 0.899. The Bertz CT molecular complexity index is 239. The third kappa shape index (κ3) is 0.738. The average Bonchev–Trinajstić information content (AvgIpc) is 1.46. The lowest BCUT2D eigenvalue weighted by molar-refractivity contribution is -0.240. The standard InChI is InChI=1S/C7H10F2O2S/c1-5(8,9)6-2-7(3-6,4-6)12(10)11/h2-4H2,1H3,(H,10,11). The maximum Gasteiger partial charge on any atom is 0.251 e. The average molecular weight is 196 g/mol. The third-order valence-corrected chi connectivity index (χ3v) is 4.46. The molecule has 2 bridgehead atoms. The summed E-state index contributed by atoms with van der Waals surface area (Å²) in [5.74, 6) is -2.69. The van der Waals surface area contributed by atoms with Crippen molar-refractivity contribution in [3.8, 4) is 0 Å². The monoisotopic (exact) mass is 196 g/mol. The second-order valence-corrected chi connectivity index (χ2v) is 5.50. The SMILES string of the molecule is CC(F)(F)C12CC(S(=O)O)(C1)C2. The summed E-state index contributed by atoms with van der Waals surface area (Å²) in [5, 5.41) is 0. The van der Waals surface area contributed by atoms with Crippen LogP contribution in [0.2, 0.25) is 0 Å². The van der Waals surface area contributed by atoms with E-state index in [0.717, 1.165) is 6.92 Å². The lowest BCUT2D eigenvalue weighted by Crippen LogP contribution is -2.74. The van der Waals surface area contributed by atoms with Gasteiger partial charge in [-0.15, -0.1) is 0 Å². The van der Waals surface area contributed by atoms with E-state index in [0.29, 0.717) is 0 Å². The first-order valence-electron chi connectivity index (χ1n) is 3.80. The molecular weight excluding hydrogens is 186 g/mol. The van der Waals surface area contributed by atoms with Crippen molar-refractivity contribution in [1.82, 2.24) is 0 Å². The summed E-state index contributed by atoms with van der Waals surface area (Å²) in [4.78, 5) is 0. The van der Waals surface area contributed by atoms with Crippen molar-refractivity contribution >= 4 is 11.1 Å². The first-order valence-corrected chi connectivity index (χ1v) is 4.91. The number of hydrogen-bond acceptors (Lipinski definition) is 1. The Kier molecular flexibility index (Phi) is 1.35. The molecule has 3 saturated carbocycles. The van der Waals surface area contributed by atoms with E-state index in [1.165, 1.54) is 0 Å². The van der Waals surface area contributed by atoms with Crippen LogP contribution >= 0.6 is 0 Å². The molecule has 0 radical (unpaired) electrons. The molecule has 0 aliphatic heterocycles. The fourth-order valence-electron chi connectivity index (χ4n) is 2.35. The first-order chi connectivity index (χ1) is 5.31. The molecule has 1 unspecified atom stereocenters. The lowest BCUT2D eigenvalue weighted by atomic mass is 9.41. The minimum atomic E-state index is -2.69. The van der Waals surface area contributed by atoms with E-state index in [1.807, 2.05) is 0 Å². The second kappa shape index (κ2) is 1.90. The van der Waals surface area contributed by atoms with Gasteiger partial charge in [0, 0.05) is 5.41 Å². The summed E-state index contributed by atoms with van der Waals surface area (Å²) in [5.41, 5.74) is -0.939. The highest BCUT2D eigenvalue weighted by molar-refractivity contribution is 7.81. The van der Waals surface area contributed by atoms with Crippen LogP contribution in [0.4, 0.5) is 8.78 Å². The van der Waals surface area contributed by atoms with Crippen LogP contribution in [0.25, 0.3) is 0 Å². The molecule has 0 aromatic rings. The highest BCUT2D eigenvalue weighted by Crippen LogP contribution is 2.74. The molecular formula is C7H10F2O2S. The zero-order chi connectivity index (χ0) is 9.20. The van der Waals surface area contributed by atoms with Gasteiger partial charge in [-0.3, -0.25) is 0 Å². The summed E-state index contributed by atoms with van der Waals surface area (Å²) < 4.78 is 44.5. The summed E-state index contributed by atoms with van der Waals surface area (Å²) in [6, 6.07) is 0. The molecule has 5 heteroatoms. The second-order valence-electron chi connectivity index (χ2n) is 4.13. The van der Waals surface area contributed by atoms with Crippen LogP contribution in [0.1, 0.15) is 26.2 Å². The van der Waals surface area contributed by atoms with Crippen LogP contribution in [-0.2, 0) is 11.1 Å². The summed E-state index contributed by atoms with van der Waals surface area (Å²) in [6.07, 6.45) is 0.645. The van der Waals surface area contributed by atoms with Crippen molar-refractivity contribution in [3.05, 3.63) is 0 Å². The fraction of sp³-hybridized carbons (Fsp3) is 1.00. The van der Waals surface area contributed by atoms with Gasteiger partial charge in [0.05, 0.1) is 4.75 Å². The van der Waals surface area contributed by atoms with Gasteiger partial charge in [-0.05, 0) is 26.2 Å². The largest absolute Gasteiger partial charge is 0.306 e. The van der Waals surface area contributed by atoms with Crippen molar-refractivity contribution in [3.63, 3.8) is 0 Å². The molecule has 0 aromatic heterocycles. The Morgan fingerprint density at radius 2 is 1.83 bits per heavy atom. The van der Waals surface area contributed by atoms with Gasteiger partial charge in [-0.2, -0.15) is 0 Å². The predicted molar refractivity (Wildman–Crippen MR) is 40.4 cm³/mol. The van der Waals surface area contributed by atoms with Crippen LogP contribution < -0.4 is 0 Å². The van der Waals surface area contributed by atoms with Gasteiger partial charge in [0.25, 0.3) is 5.92 Å². The quantitative estimate of drug-likeness (QED) is 0.683. The maximum atomic E-state index is 12.8. The Labute approximate surface area is 71.6 Å². The van der Waals surface area contributed by atoms with Gasteiger partial charge in [0.15, 0.2) is 11.1 Å². The van der Waals surface area contributed by atoms with Gasteiger partial charge in [0.1, 0.15) is 0 Å². The van der Waals surface area contributed by atoms with Crippen LogP contribution in [0.15, 0.2) is 0 Å². The summed E-state index contributed by atoms with van der Waals surface area (Å²) >= 11 is -1.92. The highest BCUT2D eigenvalue weighted by Gasteiger charge is 2.78. The van der Waals surface area contributed by atoms with Crippen molar-refractivity contribution in [2.24, 2.45) is 5.41 Å². The zero-order valence-corrected chi connectivity index (χ0v) is 7.46. The minimum Gasteiger partial charge on any atom is -0.306 e. The van der Waals surface area contributed by atoms with Gasteiger partial charge in [-0.25, -0.2) is 13.0 Å². The Morgan fingerprint density at radius 1 is 1.42 bits per heavy atom.